The van der Waals surface area contributed by atoms with Crippen LogP contribution in [0, 0.1) is 5.92 Å². The highest BCUT2D eigenvalue weighted by atomic mass is 16.5. The number of carbonyl (C=O) groups is 1. The maximum absolute atomic E-state index is 10.6. The third-order valence-corrected chi connectivity index (χ3v) is 3.12. The van der Waals surface area contributed by atoms with Gasteiger partial charge in [0.05, 0.1) is 6.54 Å². The summed E-state index contributed by atoms with van der Waals surface area (Å²) in [5.41, 5.74) is 6.27. The Morgan fingerprint density at radius 2 is 2.12 bits per heavy atom. The fourth-order valence-corrected chi connectivity index (χ4v) is 2.07. The first-order valence-corrected chi connectivity index (χ1v) is 5.49. The Hall–Kier alpha value is -1.55. The summed E-state index contributed by atoms with van der Waals surface area (Å²) in [6.07, 6.45) is 1.94. The summed E-state index contributed by atoms with van der Waals surface area (Å²) >= 11 is 0. The zero-order chi connectivity index (χ0) is 11.5. The molecule has 1 aliphatic rings. The zero-order valence-electron chi connectivity index (χ0n) is 9.04. The lowest BCUT2D eigenvalue weighted by atomic mass is 10.1. The van der Waals surface area contributed by atoms with Crippen LogP contribution in [0.25, 0.3) is 0 Å². The second kappa shape index (κ2) is 4.53. The first-order chi connectivity index (χ1) is 7.68. The highest BCUT2D eigenvalue weighted by Gasteiger charge is 2.37. The van der Waals surface area contributed by atoms with Gasteiger partial charge in [-0.2, -0.15) is 0 Å². The quantitative estimate of drug-likeness (QED) is 0.601. The molecule has 0 aromatic heterocycles. The predicted molar refractivity (Wildman–Crippen MR) is 60.0 cm³/mol. The number of amides is 2. The summed E-state index contributed by atoms with van der Waals surface area (Å²) in [5, 5.41) is 9.70. The lowest BCUT2D eigenvalue weighted by Crippen LogP contribution is -2.33. The second-order valence-corrected chi connectivity index (χ2v) is 4.26. The minimum Gasteiger partial charge on any atom is -0.350 e. The van der Waals surface area contributed by atoms with Gasteiger partial charge in [-0.25, -0.2) is 9.86 Å². The fourth-order valence-electron chi connectivity index (χ4n) is 2.07. The minimum absolute atomic E-state index is 0.323. The predicted octanol–water partition coefficient (Wildman–Crippen LogP) is 1.95. The molecule has 2 atom stereocenters. The number of nitrogens with zero attached hydrogens (tertiary/aromatic N) is 1. The summed E-state index contributed by atoms with van der Waals surface area (Å²) in [6, 6.07) is 9.53. The van der Waals surface area contributed by atoms with Crippen LogP contribution in [0.5, 0.6) is 0 Å². The number of hydroxylamine groups is 2. The average molecular weight is 220 g/mol. The Balaban J connectivity index is 1.78. The summed E-state index contributed by atoms with van der Waals surface area (Å²) in [7, 11) is 0. The van der Waals surface area contributed by atoms with Crippen LogP contribution < -0.4 is 5.73 Å². The molecule has 0 unspecified atom stereocenters. The number of hydrogen-bond acceptors (Lipinski definition) is 2. The Labute approximate surface area is 94.6 Å². The van der Waals surface area contributed by atoms with E-state index in [2.05, 4.69) is 12.1 Å². The Bertz CT molecular complexity index is 367. The van der Waals surface area contributed by atoms with Crippen LogP contribution >= 0.6 is 0 Å². The number of carbonyl (C=O) groups excluding carboxylic acids is 1. The van der Waals surface area contributed by atoms with Crippen molar-refractivity contribution in [1.29, 1.82) is 0 Å². The van der Waals surface area contributed by atoms with Gasteiger partial charge in [0.15, 0.2) is 0 Å². The Kier molecular flexibility index (Phi) is 3.10. The van der Waals surface area contributed by atoms with Gasteiger partial charge in [-0.3, -0.25) is 5.21 Å². The molecule has 4 nitrogen and oxygen atoms in total. The fraction of sp³-hybridized carbons (Fsp3) is 0.417. The van der Waals surface area contributed by atoms with Gasteiger partial charge in [-0.1, -0.05) is 30.3 Å². The van der Waals surface area contributed by atoms with Gasteiger partial charge >= 0.3 is 6.03 Å². The number of benzene rings is 1. The van der Waals surface area contributed by atoms with Crippen molar-refractivity contribution in [3.8, 4) is 0 Å². The van der Waals surface area contributed by atoms with E-state index in [1.165, 1.54) is 5.56 Å². The third kappa shape index (κ3) is 2.52. The highest BCUT2D eigenvalue weighted by Crippen LogP contribution is 2.49. The van der Waals surface area contributed by atoms with Crippen LogP contribution in [0.3, 0.4) is 0 Å². The number of rotatable bonds is 4. The maximum atomic E-state index is 10.6. The highest BCUT2D eigenvalue weighted by molar-refractivity contribution is 5.70. The molecule has 1 saturated carbocycles. The third-order valence-electron chi connectivity index (χ3n) is 3.12. The number of primary amides is 1. The lowest BCUT2D eigenvalue weighted by molar-refractivity contribution is -0.0410. The number of urea groups is 1. The van der Waals surface area contributed by atoms with Crippen molar-refractivity contribution in [2.45, 2.75) is 18.8 Å². The van der Waals surface area contributed by atoms with Crippen LogP contribution in [-0.2, 0) is 0 Å². The molecule has 1 aromatic rings. The van der Waals surface area contributed by atoms with Crippen LogP contribution in [0.1, 0.15) is 24.3 Å². The molecular weight excluding hydrogens is 204 g/mol. The monoisotopic (exact) mass is 220 g/mol. The van der Waals surface area contributed by atoms with E-state index in [0.29, 0.717) is 23.4 Å². The molecule has 0 saturated heterocycles. The van der Waals surface area contributed by atoms with E-state index in [4.69, 9.17) is 10.9 Å². The SMILES string of the molecule is NC(=O)N(O)CC[C@@H]1C[C@H]1c1ccccc1. The van der Waals surface area contributed by atoms with Crippen molar-refractivity contribution in [2.24, 2.45) is 11.7 Å². The van der Waals surface area contributed by atoms with Crippen molar-refractivity contribution in [3.05, 3.63) is 35.9 Å². The lowest BCUT2D eigenvalue weighted by Gasteiger charge is -2.11. The van der Waals surface area contributed by atoms with E-state index in [9.17, 15) is 4.79 Å². The van der Waals surface area contributed by atoms with Crippen LogP contribution in [0.2, 0.25) is 0 Å². The topological polar surface area (TPSA) is 66.6 Å². The van der Waals surface area contributed by atoms with Crippen molar-refractivity contribution < 1.29 is 10.0 Å². The summed E-state index contributed by atoms with van der Waals surface area (Å²) in [6.45, 7) is 0.323. The van der Waals surface area contributed by atoms with Gasteiger partial charge in [0.1, 0.15) is 0 Å². The average Bonchev–Trinajstić information content (AvgIpc) is 3.06. The Morgan fingerprint density at radius 1 is 1.44 bits per heavy atom. The van der Waals surface area contributed by atoms with Gasteiger partial charge in [0.25, 0.3) is 0 Å². The molecule has 3 N–H and O–H groups in total. The van der Waals surface area contributed by atoms with Crippen LogP contribution in [-0.4, -0.2) is 22.8 Å². The second-order valence-electron chi connectivity index (χ2n) is 4.26. The van der Waals surface area contributed by atoms with Crippen molar-refractivity contribution in [1.82, 2.24) is 5.06 Å². The van der Waals surface area contributed by atoms with E-state index in [1.807, 2.05) is 18.2 Å². The first kappa shape index (κ1) is 11.0. The summed E-state index contributed by atoms with van der Waals surface area (Å²) in [5.74, 6) is 1.15. The van der Waals surface area contributed by atoms with Crippen molar-refractivity contribution in [2.75, 3.05) is 6.54 Å². The van der Waals surface area contributed by atoms with Gasteiger partial charge < -0.3 is 5.73 Å². The molecule has 86 valence electrons. The van der Waals surface area contributed by atoms with E-state index < -0.39 is 6.03 Å². The van der Waals surface area contributed by atoms with Gasteiger partial charge in [0, 0.05) is 0 Å². The molecule has 0 bridgehead atoms. The van der Waals surface area contributed by atoms with E-state index in [0.717, 1.165) is 12.8 Å². The summed E-state index contributed by atoms with van der Waals surface area (Å²) < 4.78 is 0. The molecule has 0 heterocycles. The van der Waals surface area contributed by atoms with E-state index in [1.54, 1.807) is 0 Å². The molecular formula is C12H16N2O2. The standard InChI is InChI=1S/C12H16N2O2/c13-12(15)14(16)7-6-10-8-11(10)9-4-2-1-3-5-9/h1-5,10-11,16H,6-8H2,(H2,13,15)/t10-,11+/m1/s1. The van der Waals surface area contributed by atoms with Crippen molar-refractivity contribution >= 4 is 6.03 Å². The largest absolute Gasteiger partial charge is 0.350 e. The molecule has 0 spiro atoms. The van der Waals surface area contributed by atoms with Crippen LogP contribution in [0.15, 0.2) is 30.3 Å². The van der Waals surface area contributed by atoms with Gasteiger partial charge in [0.2, 0.25) is 0 Å². The molecule has 1 aliphatic carbocycles. The van der Waals surface area contributed by atoms with E-state index in [-0.39, 0.29) is 0 Å². The molecule has 16 heavy (non-hydrogen) atoms. The minimum atomic E-state index is -0.781. The molecule has 1 fully saturated rings. The number of hydrogen-bond donors (Lipinski definition) is 2. The maximum Gasteiger partial charge on any atom is 0.338 e. The molecule has 2 rings (SSSR count). The Morgan fingerprint density at radius 3 is 2.75 bits per heavy atom. The van der Waals surface area contributed by atoms with Gasteiger partial charge in [-0.05, 0) is 30.2 Å². The molecule has 0 aliphatic heterocycles. The molecule has 0 radical (unpaired) electrons. The van der Waals surface area contributed by atoms with E-state index >= 15 is 0 Å². The van der Waals surface area contributed by atoms with Gasteiger partial charge in [-0.15, -0.1) is 0 Å². The normalized spacial score (nSPS) is 22.8. The first-order valence-electron chi connectivity index (χ1n) is 5.49. The summed E-state index contributed by atoms with van der Waals surface area (Å²) in [4.78, 5) is 10.6. The molecule has 2 amide bonds. The molecule has 1 aromatic carbocycles. The van der Waals surface area contributed by atoms with Crippen LogP contribution in [0.4, 0.5) is 4.79 Å². The smallest absolute Gasteiger partial charge is 0.338 e. The number of nitrogens with two attached hydrogens (primary N) is 1. The zero-order valence-corrected chi connectivity index (χ0v) is 9.04. The van der Waals surface area contributed by atoms with Crippen molar-refractivity contribution in [3.63, 3.8) is 0 Å². The molecule has 4 heteroatoms.